The van der Waals surface area contributed by atoms with Crippen molar-refractivity contribution in [3.8, 4) is 0 Å². The summed E-state index contributed by atoms with van der Waals surface area (Å²) in [6.07, 6.45) is 2.07. The summed E-state index contributed by atoms with van der Waals surface area (Å²) in [4.78, 5) is 19.0. The molecule has 0 radical (unpaired) electrons. The lowest BCUT2D eigenvalue weighted by Gasteiger charge is -2.11. The van der Waals surface area contributed by atoms with E-state index in [9.17, 15) is 4.79 Å². The Kier molecular flexibility index (Phi) is 4.46. The minimum absolute atomic E-state index is 0.0600. The quantitative estimate of drug-likeness (QED) is 0.365. The molecule has 0 saturated heterocycles. The highest BCUT2D eigenvalue weighted by molar-refractivity contribution is 5.75. The summed E-state index contributed by atoms with van der Waals surface area (Å²) in [6, 6.07) is 0. The first-order chi connectivity index (χ1) is 7.72. The van der Waals surface area contributed by atoms with E-state index in [4.69, 9.17) is 5.84 Å². The first-order valence-corrected chi connectivity index (χ1v) is 4.84. The van der Waals surface area contributed by atoms with E-state index in [1.54, 1.807) is 0 Å². The SMILES string of the molecule is CCc1c(NN)ncnc1NCC(=O)OC. The van der Waals surface area contributed by atoms with E-state index < -0.39 is 0 Å². The molecule has 0 atom stereocenters. The van der Waals surface area contributed by atoms with Crippen molar-refractivity contribution in [1.82, 2.24) is 9.97 Å². The predicted octanol–water partition coefficient (Wildman–Crippen LogP) is -0.0905. The number of rotatable bonds is 5. The second-order valence-electron chi connectivity index (χ2n) is 2.98. The number of hydrazine groups is 1. The van der Waals surface area contributed by atoms with Gasteiger partial charge in [-0.3, -0.25) is 4.79 Å². The Morgan fingerprint density at radius 2 is 2.19 bits per heavy atom. The highest BCUT2D eigenvalue weighted by Crippen LogP contribution is 2.18. The zero-order valence-corrected chi connectivity index (χ0v) is 9.28. The van der Waals surface area contributed by atoms with Crippen LogP contribution in [0.3, 0.4) is 0 Å². The van der Waals surface area contributed by atoms with Crippen molar-refractivity contribution in [2.24, 2.45) is 5.84 Å². The maximum Gasteiger partial charge on any atom is 0.325 e. The number of ether oxygens (including phenoxy) is 1. The van der Waals surface area contributed by atoms with E-state index in [1.165, 1.54) is 13.4 Å². The molecule has 0 bridgehead atoms. The Bertz CT molecular complexity index is 369. The van der Waals surface area contributed by atoms with E-state index in [2.05, 4.69) is 25.4 Å². The molecule has 7 heteroatoms. The minimum atomic E-state index is -0.358. The summed E-state index contributed by atoms with van der Waals surface area (Å²) in [7, 11) is 1.33. The molecule has 0 aromatic carbocycles. The first kappa shape index (κ1) is 12.2. The number of aromatic nitrogens is 2. The third kappa shape index (κ3) is 2.80. The van der Waals surface area contributed by atoms with Crippen LogP contribution in [0.5, 0.6) is 0 Å². The molecule has 0 spiro atoms. The molecule has 4 N–H and O–H groups in total. The second kappa shape index (κ2) is 5.86. The molecule has 1 heterocycles. The van der Waals surface area contributed by atoms with Gasteiger partial charge in [-0.15, -0.1) is 0 Å². The van der Waals surface area contributed by atoms with E-state index in [0.717, 1.165) is 5.56 Å². The zero-order valence-electron chi connectivity index (χ0n) is 9.28. The average Bonchev–Trinajstić information content (AvgIpc) is 2.34. The van der Waals surface area contributed by atoms with Crippen LogP contribution < -0.4 is 16.6 Å². The summed E-state index contributed by atoms with van der Waals surface area (Å²) < 4.78 is 4.52. The molecule has 0 aliphatic carbocycles. The molecule has 0 unspecified atom stereocenters. The van der Waals surface area contributed by atoms with Gasteiger partial charge in [-0.25, -0.2) is 15.8 Å². The van der Waals surface area contributed by atoms with E-state index in [1.807, 2.05) is 6.92 Å². The Labute approximate surface area is 93.4 Å². The van der Waals surface area contributed by atoms with Crippen molar-refractivity contribution >= 4 is 17.6 Å². The van der Waals surface area contributed by atoms with Crippen LogP contribution >= 0.6 is 0 Å². The Morgan fingerprint density at radius 1 is 1.50 bits per heavy atom. The molecular formula is C9H15N5O2. The molecule has 1 rings (SSSR count). The molecule has 88 valence electrons. The van der Waals surface area contributed by atoms with Gasteiger partial charge in [0.1, 0.15) is 24.5 Å². The topological polar surface area (TPSA) is 102 Å². The van der Waals surface area contributed by atoms with E-state index in [-0.39, 0.29) is 12.5 Å². The van der Waals surface area contributed by atoms with Gasteiger partial charge in [0, 0.05) is 5.56 Å². The normalized spacial score (nSPS) is 9.69. The Morgan fingerprint density at radius 3 is 2.75 bits per heavy atom. The largest absolute Gasteiger partial charge is 0.468 e. The molecule has 16 heavy (non-hydrogen) atoms. The first-order valence-electron chi connectivity index (χ1n) is 4.84. The summed E-state index contributed by atoms with van der Waals surface area (Å²) in [5, 5.41) is 2.87. The van der Waals surface area contributed by atoms with Crippen molar-refractivity contribution in [1.29, 1.82) is 0 Å². The van der Waals surface area contributed by atoms with Gasteiger partial charge < -0.3 is 15.5 Å². The molecular weight excluding hydrogens is 210 g/mol. The number of anilines is 2. The monoisotopic (exact) mass is 225 g/mol. The fourth-order valence-electron chi connectivity index (χ4n) is 1.25. The number of nitrogens with two attached hydrogens (primary N) is 1. The lowest BCUT2D eigenvalue weighted by atomic mass is 10.2. The van der Waals surface area contributed by atoms with Crippen molar-refractivity contribution in [3.05, 3.63) is 11.9 Å². The van der Waals surface area contributed by atoms with Crippen LogP contribution in [0.4, 0.5) is 11.6 Å². The highest BCUT2D eigenvalue weighted by Gasteiger charge is 2.09. The molecule has 0 aliphatic rings. The second-order valence-corrected chi connectivity index (χ2v) is 2.98. The number of carbonyl (C=O) groups is 1. The van der Waals surface area contributed by atoms with Gasteiger partial charge in [-0.2, -0.15) is 0 Å². The van der Waals surface area contributed by atoms with Crippen LogP contribution in [0.1, 0.15) is 12.5 Å². The lowest BCUT2D eigenvalue weighted by molar-refractivity contribution is -0.138. The van der Waals surface area contributed by atoms with Crippen LogP contribution in [0, 0.1) is 0 Å². The highest BCUT2D eigenvalue weighted by atomic mass is 16.5. The third-order valence-corrected chi connectivity index (χ3v) is 2.06. The third-order valence-electron chi connectivity index (χ3n) is 2.06. The summed E-state index contributed by atoms with van der Waals surface area (Å²) in [5.74, 6) is 6.08. The fourth-order valence-corrected chi connectivity index (χ4v) is 1.25. The molecule has 0 amide bonds. The Hall–Kier alpha value is -1.89. The van der Waals surface area contributed by atoms with E-state index in [0.29, 0.717) is 18.1 Å². The van der Waals surface area contributed by atoms with Gasteiger partial charge in [0.2, 0.25) is 0 Å². The summed E-state index contributed by atoms with van der Waals surface area (Å²) in [5.41, 5.74) is 3.31. The lowest BCUT2D eigenvalue weighted by Crippen LogP contribution is -2.18. The molecule has 0 saturated carbocycles. The number of hydrogen-bond donors (Lipinski definition) is 3. The van der Waals surface area contributed by atoms with Crippen molar-refractivity contribution in [2.75, 3.05) is 24.4 Å². The van der Waals surface area contributed by atoms with Crippen LogP contribution in [0.15, 0.2) is 6.33 Å². The number of nitrogens with one attached hydrogen (secondary N) is 2. The van der Waals surface area contributed by atoms with Crippen LogP contribution in [0.25, 0.3) is 0 Å². The molecule has 0 fully saturated rings. The zero-order chi connectivity index (χ0) is 12.0. The number of methoxy groups -OCH3 is 1. The number of nitrogens with zero attached hydrogens (tertiary/aromatic N) is 2. The number of hydrogen-bond acceptors (Lipinski definition) is 7. The maximum atomic E-state index is 11.0. The number of carbonyl (C=O) groups excluding carboxylic acids is 1. The van der Waals surface area contributed by atoms with Crippen LogP contribution in [0.2, 0.25) is 0 Å². The number of nitrogen functional groups attached to an aromatic ring is 1. The fraction of sp³-hybridized carbons (Fsp3) is 0.444. The average molecular weight is 225 g/mol. The van der Waals surface area contributed by atoms with Gasteiger partial charge >= 0.3 is 5.97 Å². The summed E-state index contributed by atoms with van der Waals surface area (Å²) >= 11 is 0. The van der Waals surface area contributed by atoms with Gasteiger partial charge in [-0.1, -0.05) is 6.92 Å². The van der Waals surface area contributed by atoms with Gasteiger partial charge in [0.05, 0.1) is 7.11 Å². The van der Waals surface area contributed by atoms with Crippen LogP contribution in [-0.2, 0) is 16.0 Å². The van der Waals surface area contributed by atoms with Gasteiger partial charge in [-0.05, 0) is 6.42 Å². The predicted molar refractivity (Wildman–Crippen MR) is 59.7 cm³/mol. The maximum absolute atomic E-state index is 11.0. The van der Waals surface area contributed by atoms with Crippen molar-refractivity contribution in [3.63, 3.8) is 0 Å². The molecule has 1 aromatic rings. The number of esters is 1. The standard InChI is InChI=1S/C9H15N5O2/c1-3-6-8(11-4-7(15)16-2)12-5-13-9(6)14-10/h5H,3-4,10H2,1-2H3,(H2,11,12,13,14). The Balaban J connectivity index is 2.82. The smallest absolute Gasteiger partial charge is 0.325 e. The summed E-state index contributed by atoms with van der Waals surface area (Å²) in [6.45, 7) is 2.01. The molecule has 0 aliphatic heterocycles. The van der Waals surface area contributed by atoms with E-state index >= 15 is 0 Å². The van der Waals surface area contributed by atoms with Gasteiger partial charge in [0.15, 0.2) is 0 Å². The molecule has 7 nitrogen and oxygen atoms in total. The van der Waals surface area contributed by atoms with Crippen LogP contribution in [-0.4, -0.2) is 29.6 Å². The van der Waals surface area contributed by atoms with Gasteiger partial charge in [0.25, 0.3) is 0 Å². The van der Waals surface area contributed by atoms with Crippen molar-refractivity contribution in [2.45, 2.75) is 13.3 Å². The molecule has 1 aromatic heterocycles. The van der Waals surface area contributed by atoms with Crippen molar-refractivity contribution < 1.29 is 9.53 Å². The minimum Gasteiger partial charge on any atom is -0.468 e.